The van der Waals surface area contributed by atoms with E-state index in [4.69, 9.17) is 9.47 Å². The largest absolute Gasteiger partial charge is 0.411 e. The van der Waals surface area contributed by atoms with Gasteiger partial charge in [0, 0.05) is 12.5 Å². The summed E-state index contributed by atoms with van der Waals surface area (Å²) in [7, 11) is 1.77. The van der Waals surface area contributed by atoms with Gasteiger partial charge in [0.05, 0.1) is 11.3 Å². The SMILES string of the molecule is CC[C@]12CCC3C(C1[C@@H]1C[C@@H]1[C@@]21C=CC(OC)O1)[C@@H](C)CC1=C/C(=N/O)CC[C@@H]13. The molecule has 0 aromatic heterocycles. The van der Waals surface area contributed by atoms with Crippen LogP contribution >= 0.6 is 0 Å². The van der Waals surface area contributed by atoms with Crippen LogP contribution in [0.5, 0.6) is 0 Å². The van der Waals surface area contributed by atoms with Crippen LogP contribution in [0.3, 0.4) is 0 Å². The third-order valence-electron chi connectivity index (χ3n) is 10.2. The predicted octanol–water partition coefficient (Wildman–Crippen LogP) is 5.18. The van der Waals surface area contributed by atoms with Crippen LogP contribution < -0.4 is 0 Å². The van der Waals surface area contributed by atoms with Gasteiger partial charge in [0.15, 0.2) is 6.29 Å². The van der Waals surface area contributed by atoms with Crippen molar-refractivity contribution in [3.63, 3.8) is 0 Å². The van der Waals surface area contributed by atoms with Crippen LogP contribution in [0, 0.1) is 46.8 Å². The Kier molecular flexibility index (Phi) is 3.98. The van der Waals surface area contributed by atoms with Gasteiger partial charge in [-0.15, -0.1) is 0 Å². The predicted molar refractivity (Wildman–Crippen MR) is 112 cm³/mol. The molecule has 4 fully saturated rings. The molecule has 6 aliphatic rings. The zero-order chi connectivity index (χ0) is 20.0. The molecule has 0 saturated heterocycles. The third kappa shape index (κ3) is 2.20. The number of ether oxygens (including phenoxy) is 2. The summed E-state index contributed by atoms with van der Waals surface area (Å²) in [6.45, 7) is 4.91. The molecular formula is C25H35NO3. The van der Waals surface area contributed by atoms with Gasteiger partial charge in [-0.25, -0.2) is 0 Å². The van der Waals surface area contributed by atoms with Crippen LogP contribution in [0.15, 0.2) is 29.0 Å². The summed E-state index contributed by atoms with van der Waals surface area (Å²) >= 11 is 0. The number of hydrogen-bond acceptors (Lipinski definition) is 4. The number of nitrogens with zero attached hydrogens (tertiary/aromatic N) is 1. The van der Waals surface area contributed by atoms with Crippen LogP contribution in [0.4, 0.5) is 0 Å². The molecule has 6 rings (SSSR count). The molecule has 0 aromatic carbocycles. The van der Waals surface area contributed by atoms with Crippen molar-refractivity contribution in [1.82, 2.24) is 0 Å². The lowest BCUT2D eigenvalue weighted by atomic mass is 9.46. The molecule has 4 saturated carbocycles. The van der Waals surface area contributed by atoms with E-state index >= 15 is 0 Å². The zero-order valence-corrected chi connectivity index (χ0v) is 18.0. The fraction of sp³-hybridized carbons (Fsp3) is 0.800. The molecule has 1 heterocycles. The summed E-state index contributed by atoms with van der Waals surface area (Å²) in [5.41, 5.74) is 2.66. The summed E-state index contributed by atoms with van der Waals surface area (Å²) in [6, 6.07) is 0. The Morgan fingerprint density at radius 1 is 1.31 bits per heavy atom. The Morgan fingerprint density at radius 3 is 2.90 bits per heavy atom. The third-order valence-corrected chi connectivity index (χ3v) is 10.2. The van der Waals surface area contributed by atoms with Crippen LogP contribution in [0.1, 0.15) is 58.8 Å². The molecule has 4 unspecified atom stereocenters. The molecule has 1 aliphatic heterocycles. The van der Waals surface area contributed by atoms with Crippen molar-refractivity contribution in [2.45, 2.75) is 70.7 Å². The molecule has 0 aromatic rings. The van der Waals surface area contributed by atoms with Gasteiger partial charge in [0.25, 0.3) is 0 Å². The first-order chi connectivity index (χ1) is 14.1. The van der Waals surface area contributed by atoms with Gasteiger partial charge in [-0.1, -0.05) is 30.7 Å². The molecule has 4 heteroatoms. The number of oxime groups is 1. The minimum absolute atomic E-state index is 0.0815. The maximum absolute atomic E-state index is 9.28. The molecule has 10 atom stereocenters. The Labute approximate surface area is 174 Å². The number of methoxy groups -OCH3 is 1. The lowest BCUT2D eigenvalue weighted by Crippen LogP contribution is -2.57. The molecule has 0 radical (unpaired) electrons. The monoisotopic (exact) mass is 397 g/mol. The summed E-state index contributed by atoms with van der Waals surface area (Å²) in [5, 5.41) is 12.8. The van der Waals surface area contributed by atoms with Gasteiger partial charge in [-0.05, 0) is 98.5 Å². The van der Waals surface area contributed by atoms with Crippen LogP contribution in [-0.4, -0.2) is 29.9 Å². The summed E-state index contributed by atoms with van der Waals surface area (Å²) in [5.74, 6) is 5.36. The molecule has 1 spiro atoms. The molecule has 158 valence electrons. The number of hydrogen-bond donors (Lipinski definition) is 1. The van der Waals surface area contributed by atoms with Crippen molar-refractivity contribution in [2.24, 2.45) is 52.0 Å². The second-order valence-electron chi connectivity index (χ2n) is 10.8. The molecule has 4 nitrogen and oxygen atoms in total. The standard InChI is InChI=1S/C25H35NO3/c1-4-24-9-7-18-17-6-5-16(26-27)12-15(17)11-14(2)22(18)23(24)19-13-20(19)25(24)10-8-21(28-3)29-25/h8,10,12,14,17-23,27H,4-7,9,11,13H2,1-3H3/b26-16+/t14-,17-,18?,19+,20-,21?,22?,23?,24-,25-/m0/s1. The molecule has 0 amide bonds. The normalized spacial score (nSPS) is 56.0. The lowest BCUT2D eigenvalue weighted by Gasteiger charge is -2.60. The Hall–Kier alpha value is -1.13. The Bertz CT molecular complexity index is 802. The van der Waals surface area contributed by atoms with E-state index in [-0.39, 0.29) is 17.3 Å². The van der Waals surface area contributed by atoms with Crippen molar-refractivity contribution in [3.8, 4) is 0 Å². The van der Waals surface area contributed by atoms with Gasteiger partial charge in [0.2, 0.25) is 0 Å². The van der Waals surface area contributed by atoms with Crippen LogP contribution in [0.2, 0.25) is 0 Å². The molecule has 0 bridgehead atoms. The quantitative estimate of drug-likeness (QED) is 0.397. The number of rotatable bonds is 2. The van der Waals surface area contributed by atoms with Gasteiger partial charge in [0.1, 0.15) is 0 Å². The van der Waals surface area contributed by atoms with Crippen molar-refractivity contribution >= 4 is 5.71 Å². The second kappa shape index (κ2) is 6.20. The average molecular weight is 398 g/mol. The zero-order valence-electron chi connectivity index (χ0n) is 18.0. The molecule has 5 aliphatic carbocycles. The van der Waals surface area contributed by atoms with Crippen molar-refractivity contribution in [3.05, 3.63) is 23.8 Å². The fourth-order valence-electron chi connectivity index (χ4n) is 9.26. The fourth-order valence-corrected chi connectivity index (χ4v) is 9.26. The highest BCUT2D eigenvalue weighted by Crippen LogP contribution is 2.79. The van der Waals surface area contributed by atoms with E-state index < -0.39 is 0 Å². The molecule has 1 N–H and O–H groups in total. The second-order valence-corrected chi connectivity index (χ2v) is 10.8. The number of fused-ring (bicyclic) bond motifs is 9. The summed E-state index contributed by atoms with van der Waals surface area (Å²) in [4.78, 5) is 0. The highest BCUT2D eigenvalue weighted by Gasteiger charge is 2.78. The van der Waals surface area contributed by atoms with Gasteiger partial charge in [-0.2, -0.15) is 0 Å². The Morgan fingerprint density at radius 2 is 2.17 bits per heavy atom. The van der Waals surface area contributed by atoms with Gasteiger partial charge < -0.3 is 14.7 Å². The van der Waals surface area contributed by atoms with E-state index in [0.717, 1.165) is 35.8 Å². The average Bonchev–Trinajstić information content (AvgIpc) is 3.37. The van der Waals surface area contributed by atoms with Crippen molar-refractivity contribution in [1.29, 1.82) is 0 Å². The van der Waals surface area contributed by atoms with E-state index in [0.29, 0.717) is 17.8 Å². The summed E-state index contributed by atoms with van der Waals surface area (Å²) in [6.07, 6.45) is 15.1. The topological polar surface area (TPSA) is 51.0 Å². The highest BCUT2D eigenvalue weighted by atomic mass is 16.7. The molecule has 29 heavy (non-hydrogen) atoms. The van der Waals surface area contributed by atoms with E-state index in [1.807, 2.05) is 0 Å². The van der Waals surface area contributed by atoms with Gasteiger partial charge >= 0.3 is 0 Å². The van der Waals surface area contributed by atoms with Crippen LogP contribution in [0.25, 0.3) is 0 Å². The Balaban J connectivity index is 1.39. The molecular weight excluding hydrogens is 362 g/mol. The van der Waals surface area contributed by atoms with E-state index in [1.165, 1.54) is 38.5 Å². The number of allylic oxidation sites excluding steroid dienone is 2. The van der Waals surface area contributed by atoms with E-state index in [2.05, 4.69) is 37.2 Å². The van der Waals surface area contributed by atoms with E-state index in [9.17, 15) is 5.21 Å². The lowest BCUT2D eigenvalue weighted by molar-refractivity contribution is -0.212. The van der Waals surface area contributed by atoms with E-state index in [1.54, 1.807) is 12.7 Å². The minimum atomic E-state index is -0.163. The summed E-state index contributed by atoms with van der Waals surface area (Å²) < 4.78 is 12.3. The van der Waals surface area contributed by atoms with Gasteiger partial charge in [-0.3, -0.25) is 0 Å². The first-order valence-electron chi connectivity index (χ1n) is 11.9. The highest BCUT2D eigenvalue weighted by molar-refractivity contribution is 5.96. The van der Waals surface area contributed by atoms with Crippen LogP contribution in [-0.2, 0) is 9.47 Å². The smallest absolute Gasteiger partial charge is 0.177 e. The van der Waals surface area contributed by atoms with Crippen molar-refractivity contribution in [2.75, 3.05) is 7.11 Å². The first-order valence-corrected chi connectivity index (χ1v) is 11.9. The maximum Gasteiger partial charge on any atom is 0.177 e. The minimum Gasteiger partial charge on any atom is -0.411 e. The maximum atomic E-state index is 9.28. The first kappa shape index (κ1) is 18.6. The van der Waals surface area contributed by atoms with Crippen molar-refractivity contribution < 1.29 is 14.7 Å².